The highest BCUT2D eigenvalue weighted by atomic mass is 19.4. The van der Waals surface area contributed by atoms with Crippen LogP contribution in [0.4, 0.5) is 24.5 Å². The molecule has 2 aromatic rings. The molecule has 2 aromatic carbocycles. The summed E-state index contributed by atoms with van der Waals surface area (Å²) in [6.07, 6.45) is -4.85. The van der Waals surface area contributed by atoms with Crippen LogP contribution in [0.5, 0.6) is 5.75 Å². The highest BCUT2D eigenvalue weighted by Gasteiger charge is 2.36. The van der Waals surface area contributed by atoms with Crippen LogP contribution in [0.3, 0.4) is 0 Å². The van der Waals surface area contributed by atoms with Crippen LogP contribution in [-0.4, -0.2) is 24.0 Å². The number of nitro groups is 1. The van der Waals surface area contributed by atoms with Crippen LogP contribution >= 0.6 is 0 Å². The number of benzene rings is 2. The summed E-state index contributed by atoms with van der Waals surface area (Å²) in [5, 5.41) is 10.7. The number of para-hydroxylation sites is 1. The lowest BCUT2D eigenvalue weighted by molar-refractivity contribution is -0.385. The van der Waals surface area contributed by atoms with Gasteiger partial charge >= 0.3 is 6.18 Å². The van der Waals surface area contributed by atoms with Gasteiger partial charge in [0.2, 0.25) is 0 Å². The van der Waals surface area contributed by atoms with Gasteiger partial charge in [0.15, 0.2) is 6.61 Å². The molecular formula is C17H15F3N2O4. The van der Waals surface area contributed by atoms with Crippen LogP contribution in [-0.2, 0) is 11.0 Å². The molecule has 2 rings (SSSR count). The van der Waals surface area contributed by atoms with Gasteiger partial charge in [-0.05, 0) is 25.1 Å². The van der Waals surface area contributed by atoms with E-state index in [0.717, 1.165) is 12.1 Å². The maximum atomic E-state index is 13.1. The zero-order valence-electron chi connectivity index (χ0n) is 13.7. The van der Waals surface area contributed by atoms with E-state index >= 15 is 0 Å². The number of anilines is 1. The second-order valence-electron chi connectivity index (χ2n) is 5.20. The van der Waals surface area contributed by atoms with E-state index in [0.29, 0.717) is 18.3 Å². The molecule has 1 amide bonds. The maximum Gasteiger partial charge on any atom is 0.420 e. The summed E-state index contributed by atoms with van der Waals surface area (Å²) >= 11 is 0. The molecule has 0 atom stereocenters. The Morgan fingerprint density at radius 1 is 1.19 bits per heavy atom. The van der Waals surface area contributed by atoms with Gasteiger partial charge in [0, 0.05) is 24.4 Å². The molecule has 0 unspecified atom stereocenters. The molecule has 0 heterocycles. The zero-order chi connectivity index (χ0) is 19.3. The maximum absolute atomic E-state index is 13.1. The van der Waals surface area contributed by atoms with Crippen LogP contribution in [0.15, 0.2) is 48.5 Å². The first-order chi connectivity index (χ1) is 12.2. The Hall–Kier alpha value is -3.10. The first-order valence-corrected chi connectivity index (χ1v) is 7.58. The van der Waals surface area contributed by atoms with Crippen molar-refractivity contribution in [3.8, 4) is 5.75 Å². The Labute approximate surface area is 146 Å². The van der Waals surface area contributed by atoms with Gasteiger partial charge in [0.05, 0.1) is 4.92 Å². The van der Waals surface area contributed by atoms with Crippen molar-refractivity contribution in [2.24, 2.45) is 0 Å². The highest BCUT2D eigenvalue weighted by Crippen LogP contribution is 2.38. The lowest BCUT2D eigenvalue weighted by atomic mass is 10.1. The predicted octanol–water partition coefficient (Wildman–Crippen LogP) is 4.05. The Morgan fingerprint density at radius 3 is 2.38 bits per heavy atom. The topological polar surface area (TPSA) is 72.7 Å². The number of non-ortho nitro benzene ring substituents is 1. The van der Waals surface area contributed by atoms with E-state index in [1.807, 2.05) is 0 Å². The molecular weight excluding hydrogens is 353 g/mol. The third-order valence-electron chi connectivity index (χ3n) is 3.52. The molecule has 0 aromatic heterocycles. The van der Waals surface area contributed by atoms with Crippen molar-refractivity contribution in [3.63, 3.8) is 0 Å². The monoisotopic (exact) mass is 368 g/mol. The van der Waals surface area contributed by atoms with Gasteiger partial charge in [-0.1, -0.05) is 18.2 Å². The van der Waals surface area contributed by atoms with Gasteiger partial charge in [-0.25, -0.2) is 0 Å². The number of halogens is 3. The van der Waals surface area contributed by atoms with Crippen molar-refractivity contribution in [2.75, 3.05) is 18.1 Å². The van der Waals surface area contributed by atoms with Crippen molar-refractivity contribution in [3.05, 3.63) is 64.2 Å². The van der Waals surface area contributed by atoms with Crippen LogP contribution < -0.4 is 9.64 Å². The fraction of sp³-hybridized carbons (Fsp3) is 0.235. The van der Waals surface area contributed by atoms with E-state index in [2.05, 4.69) is 0 Å². The number of alkyl halides is 3. The third-order valence-corrected chi connectivity index (χ3v) is 3.52. The van der Waals surface area contributed by atoms with E-state index in [-0.39, 0.29) is 0 Å². The van der Waals surface area contributed by atoms with Gasteiger partial charge in [-0.2, -0.15) is 13.2 Å². The SMILES string of the molecule is CCN(C(=O)COc1ccc([N+](=O)[O-])cc1C(F)(F)F)c1ccccc1. The number of amides is 1. The molecule has 0 aliphatic rings. The fourth-order valence-corrected chi connectivity index (χ4v) is 2.31. The fourth-order valence-electron chi connectivity index (χ4n) is 2.31. The molecule has 0 aliphatic carbocycles. The van der Waals surface area contributed by atoms with Gasteiger partial charge in [0.25, 0.3) is 11.6 Å². The van der Waals surface area contributed by atoms with Crippen molar-refractivity contribution in [1.82, 2.24) is 0 Å². The number of carbonyl (C=O) groups excluding carboxylic acids is 1. The predicted molar refractivity (Wildman–Crippen MR) is 88.1 cm³/mol. The van der Waals surface area contributed by atoms with E-state index in [9.17, 15) is 28.1 Å². The standard InChI is InChI=1S/C17H15F3N2O4/c1-2-21(12-6-4-3-5-7-12)16(23)11-26-15-9-8-13(22(24)25)10-14(15)17(18,19)20/h3-10H,2,11H2,1H3. The number of hydrogen-bond donors (Lipinski definition) is 0. The second-order valence-corrected chi connectivity index (χ2v) is 5.20. The molecule has 26 heavy (non-hydrogen) atoms. The summed E-state index contributed by atoms with van der Waals surface area (Å²) < 4.78 is 44.4. The second kappa shape index (κ2) is 7.85. The lowest BCUT2D eigenvalue weighted by Crippen LogP contribution is -2.34. The molecule has 0 aliphatic heterocycles. The molecule has 0 saturated heterocycles. The summed E-state index contributed by atoms with van der Waals surface area (Å²) in [5.41, 5.74) is -1.43. The Morgan fingerprint density at radius 2 is 1.85 bits per heavy atom. The molecule has 0 bridgehead atoms. The number of nitro benzene ring substituents is 1. The van der Waals surface area contributed by atoms with E-state index < -0.39 is 40.6 Å². The molecule has 0 radical (unpaired) electrons. The van der Waals surface area contributed by atoms with Crippen molar-refractivity contribution < 1.29 is 27.6 Å². The minimum Gasteiger partial charge on any atom is -0.483 e. The van der Waals surface area contributed by atoms with Crippen LogP contribution in [0.2, 0.25) is 0 Å². The summed E-state index contributed by atoms with van der Waals surface area (Å²) in [5.74, 6) is -1.18. The molecule has 9 heteroatoms. The average Bonchev–Trinajstić information content (AvgIpc) is 2.60. The molecule has 6 nitrogen and oxygen atoms in total. The number of nitrogens with zero attached hydrogens (tertiary/aromatic N) is 2. The number of carbonyl (C=O) groups is 1. The number of likely N-dealkylation sites (N-methyl/N-ethyl adjacent to an activating group) is 1. The van der Waals surface area contributed by atoms with E-state index in [1.54, 1.807) is 37.3 Å². The zero-order valence-corrected chi connectivity index (χ0v) is 13.7. The van der Waals surface area contributed by atoms with E-state index in [1.165, 1.54) is 4.90 Å². The summed E-state index contributed by atoms with van der Waals surface area (Å²) in [6, 6.07) is 10.7. The van der Waals surface area contributed by atoms with Crippen LogP contribution in [0.25, 0.3) is 0 Å². The Kier molecular flexibility index (Phi) is 5.81. The van der Waals surface area contributed by atoms with Crippen LogP contribution in [0, 0.1) is 10.1 Å². The minimum atomic E-state index is -4.85. The molecule has 0 saturated carbocycles. The van der Waals surface area contributed by atoms with E-state index in [4.69, 9.17) is 4.74 Å². The summed E-state index contributed by atoms with van der Waals surface area (Å²) in [4.78, 5) is 23.4. The largest absolute Gasteiger partial charge is 0.483 e. The Balaban J connectivity index is 2.20. The molecule has 0 fully saturated rings. The van der Waals surface area contributed by atoms with Gasteiger partial charge in [0.1, 0.15) is 11.3 Å². The van der Waals surface area contributed by atoms with Gasteiger partial charge in [-0.15, -0.1) is 0 Å². The summed E-state index contributed by atoms with van der Waals surface area (Å²) in [6.45, 7) is 1.39. The quantitative estimate of drug-likeness (QED) is 0.570. The average molecular weight is 368 g/mol. The minimum absolute atomic E-state index is 0.304. The number of ether oxygens (including phenoxy) is 1. The van der Waals surface area contributed by atoms with Gasteiger partial charge in [-0.3, -0.25) is 14.9 Å². The smallest absolute Gasteiger partial charge is 0.420 e. The first kappa shape index (κ1) is 19.2. The molecule has 138 valence electrons. The molecule has 0 spiro atoms. The van der Waals surface area contributed by atoms with Crippen LogP contribution in [0.1, 0.15) is 12.5 Å². The number of hydrogen-bond acceptors (Lipinski definition) is 4. The third kappa shape index (κ3) is 4.50. The first-order valence-electron chi connectivity index (χ1n) is 7.58. The number of rotatable bonds is 6. The van der Waals surface area contributed by atoms with Gasteiger partial charge < -0.3 is 9.64 Å². The summed E-state index contributed by atoms with van der Waals surface area (Å²) in [7, 11) is 0. The highest BCUT2D eigenvalue weighted by molar-refractivity contribution is 5.94. The molecule has 0 N–H and O–H groups in total. The van der Waals surface area contributed by atoms with Crippen molar-refractivity contribution in [1.29, 1.82) is 0 Å². The Bertz CT molecular complexity index is 794. The lowest BCUT2D eigenvalue weighted by Gasteiger charge is -2.21. The van der Waals surface area contributed by atoms with Crippen molar-refractivity contribution in [2.45, 2.75) is 13.1 Å². The van der Waals surface area contributed by atoms with Crippen molar-refractivity contribution >= 4 is 17.3 Å². The normalized spacial score (nSPS) is 11.1.